The van der Waals surface area contributed by atoms with E-state index in [2.05, 4.69) is 30.3 Å². The number of methoxy groups -OCH3 is 2. The van der Waals surface area contributed by atoms with E-state index in [1.54, 1.807) is 0 Å². The minimum absolute atomic E-state index is 0.0823. The SMILES string of the molecule is COC[C@@H](C)Nc1nc(N[C@@H](C)COC)nc(OCC(F)(F)F)n1. The number of halogens is 3. The molecule has 1 aromatic rings. The summed E-state index contributed by atoms with van der Waals surface area (Å²) in [4.78, 5) is 11.8. The van der Waals surface area contributed by atoms with Gasteiger partial charge in [-0.3, -0.25) is 0 Å². The Morgan fingerprint density at radius 2 is 1.38 bits per heavy atom. The molecule has 0 saturated carbocycles. The molecule has 0 spiro atoms. The lowest BCUT2D eigenvalue weighted by Gasteiger charge is -2.17. The van der Waals surface area contributed by atoms with E-state index in [0.29, 0.717) is 13.2 Å². The van der Waals surface area contributed by atoms with Crippen LogP contribution in [0, 0.1) is 0 Å². The maximum atomic E-state index is 12.3. The first-order valence-electron chi connectivity index (χ1n) is 7.20. The van der Waals surface area contributed by atoms with E-state index in [4.69, 9.17) is 9.47 Å². The highest BCUT2D eigenvalue weighted by Crippen LogP contribution is 2.18. The van der Waals surface area contributed by atoms with E-state index in [1.807, 2.05) is 13.8 Å². The third-order valence-electron chi connectivity index (χ3n) is 2.56. The molecule has 0 amide bonds. The summed E-state index contributed by atoms with van der Waals surface area (Å²) in [7, 11) is 3.06. The van der Waals surface area contributed by atoms with Crippen LogP contribution in [0.25, 0.3) is 0 Å². The van der Waals surface area contributed by atoms with E-state index < -0.39 is 18.8 Å². The van der Waals surface area contributed by atoms with Crippen LogP contribution in [0.2, 0.25) is 0 Å². The van der Waals surface area contributed by atoms with Crippen LogP contribution < -0.4 is 15.4 Å². The predicted molar refractivity (Wildman–Crippen MR) is 81.3 cm³/mol. The van der Waals surface area contributed by atoms with Crippen LogP contribution in [-0.2, 0) is 9.47 Å². The first kappa shape index (κ1) is 20.2. The van der Waals surface area contributed by atoms with Crippen LogP contribution in [0.5, 0.6) is 6.01 Å². The van der Waals surface area contributed by atoms with Crippen LogP contribution in [0.1, 0.15) is 13.8 Å². The Balaban J connectivity index is 2.91. The zero-order valence-electron chi connectivity index (χ0n) is 14.0. The summed E-state index contributed by atoms with van der Waals surface area (Å²) in [6, 6.07) is -0.740. The van der Waals surface area contributed by atoms with Crippen molar-refractivity contribution in [1.82, 2.24) is 15.0 Å². The zero-order valence-corrected chi connectivity index (χ0v) is 14.0. The molecule has 0 bridgehead atoms. The van der Waals surface area contributed by atoms with Crippen molar-refractivity contribution >= 4 is 11.9 Å². The minimum atomic E-state index is -4.49. The molecule has 11 heteroatoms. The van der Waals surface area contributed by atoms with Crippen molar-refractivity contribution in [3.8, 4) is 6.01 Å². The monoisotopic (exact) mass is 353 g/mol. The van der Waals surface area contributed by atoms with Crippen LogP contribution >= 0.6 is 0 Å². The summed E-state index contributed by atoms with van der Waals surface area (Å²) >= 11 is 0. The van der Waals surface area contributed by atoms with Gasteiger partial charge >= 0.3 is 12.2 Å². The van der Waals surface area contributed by atoms with Crippen molar-refractivity contribution in [3.05, 3.63) is 0 Å². The van der Waals surface area contributed by atoms with Gasteiger partial charge in [-0.05, 0) is 13.8 Å². The van der Waals surface area contributed by atoms with Crippen molar-refractivity contribution in [2.75, 3.05) is 44.7 Å². The van der Waals surface area contributed by atoms with Crippen molar-refractivity contribution in [2.24, 2.45) is 0 Å². The minimum Gasteiger partial charge on any atom is -0.454 e. The summed E-state index contributed by atoms with van der Waals surface area (Å²) in [5, 5.41) is 5.81. The Bertz CT molecular complexity index is 472. The third-order valence-corrected chi connectivity index (χ3v) is 2.56. The van der Waals surface area contributed by atoms with E-state index in [1.165, 1.54) is 14.2 Å². The Kier molecular flexibility index (Phi) is 7.92. The molecule has 0 saturated heterocycles. The highest BCUT2D eigenvalue weighted by atomic mass is 19.4. The first-order chi connectivity index (χ1) is 11.2. The molecule has 0 aliphatic heterocycles. The van der Waals surface area contributed by atoms with Gasteiger partial charge in [0, 0.05) is 26.3 Å². The van der Waals surface area contributed by atoms with Gasteiger partial charge < -0.3 is 24.8 Å². The molecule has 0 fully saturated rings. The molecule has 0 aromatic carbocycles. The number of nitrogens with zero attached hydrogens (tertiary/aromatic N) is 3. The molecule has 2 N–H and O–H groups in total. The number of hydrogen-bond donors (Lipinski definition) is 2. The molecule has 0 aliphatic carbocycles. The summed E-state index contributed by atoms with van der Waals surface area (Å²) in [6.07, 6.45) is -4.49. The van der Waals surface area contributed by atoms with Crippen LogP contribution in [0.3, 0.4) is 0 Å². The largest absolute Gasteiger partial charge is 0.454 e. The highest BCUT2D eigenvalue weighted by Gasteiger charge is 2.29. The van der Waals surface area contributed by atoms with Gasteiger partial charge in [0.05, 0.1) is 13.2 Å². The summed E-state index contributed by atoms with van der Waals surface area (Å²) in [5.74, 6) is 0.165. The normalized spacial score (nSPS) is 14.1. The van der Waals surface area contributed by atoms with Gasteiger partial charge in [0.1, 0.15) is 0 Å². The lowest BCUT2D eigenvalue weighted by atomic mass is 10.4. The number of rotatable bonds is 10. The average Bonchev–Trinajstić information content (AvgIpc) is 2.44. The Morgan fingerprint density at radius 3 is 1.75 bits per heavy atom. The second-order valence-corrected chi connectivity index (χ2v) is 5.17. The van der Waals surface area contributed by atoms with Crippen LogP contribution in [-0.4, -0.2) is 67.3 Å². The molecule has 0 unspecified atom stereocenters. The van der Waals surface area contributed by atoms with Crippen molar-refractivity contribution in [3.63, 3.8) is 0 Å². The van der Waals surface area contributed by atoms with E-state index >= 15 is 0 Å². The fraction of sp³-hybridized carbons (Fsp3) is 0.769. The van der Waals surface area contributed by atoms with Gasteiger partial charge in [0.2, 0.25) is 11.9 Å². The van der Waals surface area contributed by atoms with Crippen LogP contribution in [0.4, 0.5) is 25.1 Å². The number of hydrogen-bond acceptors (Lipinski definition) is 8. The summed E-state index contributed by atoms with van der Waals surface area (Å²) < 4.78 is 51.5. The van der Waals surface area contributed by atoms with E-state index in [9.17, 15) is 13.2 Å². The topological polar surface area (TPSA) is 90.4 Å². The van der Waals surface area contributed by atoms with Gasteiger partial charge in [-0.25, -0.2) is 0 Å². The van der Waals surface area contributed by atoms with Crippen molar-refractivity contribution in [2.45, 2.75) is 32.1 Å². The van der Waals surface area contributed by atoms with Crippen molar-refractivity contribution in [1.29, 1.82) is 0 Å². The molecule has 8 nitrogen and oxygen atoms in total. The van der Waals surface area contributed by atoms with Crippen LogP contribution in [0.15, 0.2) is 0 Å². The maximum Gasteiger partial charge on any atom is 0.422 e. The molecule has 2 atom stereocenters. The quantitative estimate of drug-likeness (QED) is 0.657. The summed E-state index contributed by atoms with van der Waals surface area (Å²) in [5.41, 5.74) is 0. The second kappa shape index (κ2) is 9.42. The highest BCUT2D eigenvalue weighted by molar-refractivity contribution is 5.37. The molecule has 1 aromatic heterocycles. The van der Waals surface area contributed by atoms with E-state index in [-0.39, 0.29) is 24.0 Å². The number of alkyl halides is 3. The van der Waals surface area contributed by atoms with Gasteiger partial charge in [-0.1, -0.05) is 0 Å². The number of aromatic nitrogens is 3. The first-order valence-corrected chi connectivity index (χ1v) is 7.20. The molecule has 1 heterocycles. The van der Waals surface area contributed by atoms with Gasteiger partial charge in [0.25, 0.3) is 0 Å². The Morgan fingerprint density at radius 1 is 0.917 bits per heavy atom. The fourth-order valence-corrected chi connectivity index (χ4v) is 1.72. The van der Waals surface area contributed by atoms with Gasteiger partial charge in [0.15, 0.2) is 6.61 Å². The lowest BCUT2D eigenvalue weighted by Crippen LogP contribution is -2.26. The summed E-state index contributed by atoms with van der Waals surface area (Å²) in [6.45, 7) is 2.87. The Labute approximate surface area is 138 Å². The second-order valence-electron chi connectivity index (χ2n) is 5.17. The third kappa shape index (κ3) is 8.11. The number of ether oxygens (including phenoxy) is 3. The molecular formula is C13H22F3N5O3. The standard InChI is InChI=1S/C13H22F3N5O3/c1-8(5-22-3)17-10-19-11(18-9(2)6-23-4)21-12(20-10)24-7-13(14,15)16/h8-9H,5-7H2,1-4H3,(H2,17,18,19,20,21)/t8-,9+. The van der Waals surface area contributed by atoms with Crippen molar-refractivity contribution < 1.29 is 27.4 Å². The van der Waals surface area contributed by atoms with Gasteiger partial charge in [-0.15, -0.1) is 0 Å². The molecule has 0 aliphatic rings. The fourth-order valence-electron chi connectivity index (χ4n) is 1.72. The Hall–Kier alpha value is -1.88. The molecule has 0 radical (unpaired) electrons. The molecule has 1 rings (SSSR count). The number of nitrogens with one attached hydrogen (secondary N) is 2. The van der Waals surface area contributed by atoms with E-state index in [0.717, 1.165) is 0 Å². The zero-order chi connectivity index (χ0) is 18.2. The van der Waals surface area contributed by atoms with Gasteiger partial charge in [-0.2, -0.15) is 28.1 Å². The lowest BCUT2D eigenvalue weighted by molar-refractivity contribution is -0.154. The number of anilines is 2. The smallest absolute Gasteiger partial charge is 0.422 e. The molecular weight excluding hydrogens is 331 g/mol. The predicted octanol–water partition coefficient (Wildman–Crippen LogP) is 1.71. The molecule has 138 valence electrons. The average molecular weight is 353 g/mol. The molecule has 24 heavy (non-hydrogen) atoms. The maximum absolute atomic E-state index is 12.3.